The molecule has 2 N–H and O–H groups in total. The summed E-state index contributed by atoms with van der Waals surface area (Å²) in [4.78, 5) is 29.3. The van der Waals surface area contributed by atoms with Crippen LogP contribution in [0.2, 0.25) is 0 Å². The molecular formula is C26H25F2NO6. The van der Waals surface area contributed by atoms with E-state index >= 15 is 0 Å². The van der Waals surface area contributed by atoms with E-state index in [9.17, 15) is 28.6 Å². The number of ether oxygens (including phenoxy) is 2. The average molecular weight is 485 g/mol. The van der Waals surface area contributed by atoms with Gasteiger partial charge >= 0.3 is 5.97 Å². The molecule has 0 aliphatic carbocycles. The summed E-state index contributed by atoms with van der Waals surface area (Å²) < 4.78 is 39.8. The highest BCUT2D eigenvalue weighted by Gasteiger charge is 2.44. The summed E-state index contributed by atoms with van der Waals surface area (Å²) in [5.41, 5.74) is -3.19. The number of benzene rings is 2. The SMILES string of the molecule is COc1ccnc(C(=O)C[C@@H](C)C(=O)O[C@@H](C)C(O)(c2ccccc2F)c2ccccc2F)c1O. The van der Waals surface area contributed by atoms with E-state index in [-0.39, 0.29) is 29.0 Å². The minimum Gasteiger partial charge on any atom is -0.503 e. The van der Waals surface area contributed by atoms with Gasteiger partial charge in [0.05, 0.1) is 13.0 Å². The fraction of sp³-hybridized carbons (Fsp3) is 0.269. The quantitative estimate of drug-likeness (QED) is 0.346. The minimum atomic E-state index is -2.36. The molecule has 0 aliphatic rings. The molecule has 35 heavy (non-hydrogen) atoms. The largest absolute Gasteiger partial charge is 0.503 e. The molecule has 0 spiro atoms. The highest BCUT2D eigenvalue weighted by atomic mass is 19.1. The zero-order chi connectivity index (χ0) is 25.8. The van der Waals surface area contributed by atoms with E-state index in [1.54, 1.807) is 0 Å². The summed E-state index contributed by atoms with van der Waals surface area (Å²) >= 11 is 0. The maximum absolute atomic E-state index is 14.7. The molecular weight excluding hydrogens is 460 g/mol. The molecule has 0 unspecified atom stereocenters. The Kier molecular flexibility index (Phi) is 7.81. The van der Waals surface area contributed by atoms with Gasteiger partial charge in [-0.25, -0.2) is 13.8 Å². The lowest BCUT2D eigenvalue weighted by molar-refractivity contribution is -0.164. The number of ketones is 1. The number of nitrogens with zero attached hydrogens (tertiary/aromatic N) is 1. The number of methoxy groups -OCH3 is 1. The Bertz CT molecular complexity index is 1190. The van der Waals surface area contributed by atoms with Crippen LogP contribution in [0.15, 0.2) is 60.8 Å². The lowest BCUT2D eigenvalue weighted by atomic mass is 9.81. The van der Waals surface area contributed by atoms with Crippen molar-refractivity contribution in [1.82, 2.24) is 4.98 Å². The summed E-state index contributed by atoms with van der Waals surface area (Å²) in [6, 6.07) is 11.9. The fourth-order valence-corrected chi connectivity index (χ4v) is 3.76. The molecule has 0 radical (unpaired) electrons. The van der Waals surface area contributed by atoms with Crippen molar-refractivity contribution in [2.24, 2.45) is 5.92 Å². The molecule has 1 heterocycles. The first-order chi connectivity index (χ1) is 16.6. The van der Waals surface area contributed by atoms with Gasteiger partial charge in [0.1, 0.15) is 17.7 Å². The van der Waals surface area contributed by atoms with Crippen molar-refractivity contribution in [3.63, 3.8) is 0 Å². The van der Waals surface area contributed by atoms with Gasteiger partial charge in [0.25, 0.3) is 0 Å². The molecule has 3 aromatic rings. The normalized spacial score (nSPS) is 13.1. The van der Waals surface area contributed by atoms with Crippen molar-refractivity contribution >= 4 is 11.8 Å². The third-order valence-electron chi connectivity index (χ3n) is 5.72. The van der Waals surface area contributed by atoms with Gasteiger partial charge in [0.15, 0.2) is 28.6 Å². The van der Waals surface area contributed by atoms with Crippen molar-refractivity contribution in [2.75, 3.05) is 7.11 Å². The van der Waals surface area contributed by atoms with Gasteiger partial charge in [-0.2, -0.15) is 0 Å². The number of carbonyl (C=O) groups excluding carboxylic acids is 2. The number of halogens is 2. The number of rotatable bonds is 9. The summed E-state index contributed by atoms with van der Waals surface area (Å²) in [7, 11) is 1.32. The molecule has 0 saturated heterocycles. The lowest BCUT2D eigenvalue weighted by Gasteiger charge is -2.35. The molecule has 0 amide bonds. The van der Waals surface area contributed by atoms with Crippen LogP contribution < -0.4 is 4.74 Å². The number of aromatic hydroxyl groups is 1. The molecule has 184 valence electrons. The van der Waals surface area contributed by atoms with Crippen LogP contribution in [0.5, 0.6) is 11.5 Å². The Labute approximate surface area is 201 Å². The topological polar surface area (TPSA) is 106 Å². The maximum Gasteiger partial charge on any atom is 0.309 e. The Hall–Kier alpha value is -3.85. The van der Waals surface area contributed by atoms with Gasteiger partial charge in [-0.15, -0.1) is 0 Å². The van der Waals surface area contributed by atoms with Crippen LogP contribution in [0.4, 0.5) is 8.78 Å². The molecule has 3 rings (SSSR count). The standard InChI is InChI=1S/C26H25F2NO6/c1-15(14-21(30)23-24(31)22(34-3)12-13-29-23)25(32)35-16(2)26(33,17-8-4-6-10-19(17)27)18-9-5-7-11-20(18)28/h4-13,15-16,31,33H,14H2,1-3H3/t15-,16+/m1/s1. The number of carbonyl (C=O) groups is 2. The molecule has 9 heteroatoms. The van der Waals surface area contributed by atoms with Crippen molar-refractivity contribution < 1.29 is 38.1 Å². The zero-order valence-electron chi connectivity index (χ0n) is 19.4. The molecule has 1 aromatic heterocycles. The first-order valence-corrected chi connectivity index (χ1v) is 10.8. The summed E-state index contributed by atoms with van der Waals surface area (Å²) in [5, 5.41) is 21.7. The van der Waals surface area contributed by atoms with E-state index in [1.807, 2.05) is 0 Å². The van der Waals surface area contributed by atoms with Crippen molar-refractivity contribution in [3.05, 3.63) is 89.2 Å². The summed E-state index contributed by atoms with van der Waals surface area (Å²) in [6.45, 7) is 2.72. The van der Waals surface area contributed by atoms with Gasteiger partial charge in [0, 0.05) is 29.8 Å². The fourth-order valence-electron chi connectivity index (χ4n) is 3.76. The summed E-state index contributed by atoms with van der Waals surface area (Å²) in [5.74, 6) is -4.60. The predicted molar refractivity (Wildman–Crippen MR) is 122 cm³/mol. The third kappa shape index (κ3) is 5.14. The Morgan fingerprint density at radius 2 is 1.54 bits per heavy atom. The van der Waals surface area contributed by atoms with E-state index < -0.39 is 46.8 Å². The highest BCUT2D eigenvalue weighted by molar-refractivity contribution is 5.99. The predicted octanol–water partition coefficient (Wildman–Crippen LogP) is 4.15. The number of esters is 1. The Morgan fingerprint density at radius 1 is 1.00 bits per heavy atom. The monoisotopic (exact) mass is 485 g/mol. The number of hydrogen-bond donors (Lipinski definition) is 2. The number of hydrogen-bond acceptors (Lipinski definition) is 7. The molecule has 7 nitrogen and oxygen atoms in total. The van der Waals surface area contributed by atoms with E-state index in [0.717, 1.165) is 12.1 Å². The van der Waals surface area contributed by atoms with Crippen LogP contribution in [-0.2, 0) is 15.1 Å². The molecule has 0 aliphatic heterocycles. The Balaban J connectivity index is 1.86. The van der Waals surface area contributed by atoms with Crippen LogP contribution in [-0.4, -0.2) is 40.2 Å². The van der Waals surface area contributed by atoms with Gasteiger partial charge in [-0.3, -0.25) is 9.59 Å². The van der Waals surface area contributed by atoms with Gasteiger partial charge < -0.3 is 19.7 Å². The zero-order valence-corrected chi connectivity index (χ0v) is 19.4. The Morgan fingerprint density at radius 3 is 2.06 bits per heavy atom. The molecule has 0 fully saturated rings. The summed E-state index contributed by atoms with van der Waals surface area (Å²) in [6.07, 6.45) is -0.540. The van der Waals surface area contributed by atoms with Crippen molar-refractivity contribution in [2.45, 2.75) is 32.0 Å². The van der Waals surface area contributed by atoms with Crippen LogP contribution in [0.3, 0.4) is 0 Å². The number of aliphatic hydroxyl groups is 1. The van der Waals surface area contributed by atoms with Crippen LogP contribution in [0.25, 0.3) is 0 Å². The van der Waals surface area contributed by atoms with E-state index in [4.69, 9.17) is 9.47 Å². The lowest BCUT2D eigenvalue weighted by Crippen LogP contribution is -2.44. The molecule has 0 saturated carbocycles. The van der Waals surface area contributed by atoms with E-state index in [2.05, 4.69) is 4.98 Å². The molecule has 2 atom stereocenters. The average Bonchev–Trinajstić information content (AvgIpc) is 2.84. The molecule has 0 bridgehead atoms. The first-order valence-electron chi connectivity index (χ1n) is 10.8. The highest BCUT2D eigenvalue weighted by Crippen LogP contribution is 2.38. The molecule has 2 aromatic carbocycles. The van der Waals surface area contributed by atoms with Crippen LogP contribution in [0, 0.1) is 17.6 Å². The van der Waals surface area contributed by atoms with E-state index in [0.29, 0.717) is 0 Å². The second kappa shape index (κ2) is 10.6. The number of aromatic nitrogens is 1. The van der Waals surface area contributed by atoms with Crippen LogP contribution in [0.1, 0.15) is 41.9 Å². The smallest absolute Gasteiger partial charge is 0.309 e. The van der Waals surface area contributed by atoms with Crippen molar-refractivity contribution in [1.29, 1.82) is 0 Å². The first kappa shape index (κ1) is 25.8. The second-order valence-corrected chi connectivity index (χ2v) is 8.04. The second-order valence-electron chi connectivity index (χ2n) is 8.04. The van der Waals surface area contributed by atoms with Crippen molar-refractivity contribution in [3.8, 4) is 11.5 Å². The maximum atomic E-state index is 14.7. The third-order valence-corrected chi connectivity index (χ3v) is 5.72. The van der Waals surface area contributed by atoms with Gasteiger partial charge in [-0.1, -0.05) is 43.3 Å². The van der Waals surface area contributed by atoms with E-state index in [1.165, 1.54) is 69.6 Å². The minimum absolute atomic E-state index is 0.0482. The van der Waals surface area contributed by atoms with Gasteiger partial charge in [-0.05, 0) is 19.1 Å². The number of Topliss-reactive ketones (excluding diaryl/α,β-unsaturated/α-hetero) is 1. The van der Waals surface area contributed by atoms with Gasteiger partial charge in [0.2, 0.25) is 0 Å². The number of pyridine rings is 1. The van der Waals surface area contributed by atoms with Crippen LogP contribution >= 0.6 is 0 Å².